The van der Waals surface area contributed by atoms with Gasteiger partial charge in [0.05, 0.1) is 5.54 Å². The van der Waals surface area contributed by atoms with E-state index in [1.165, 1.54) is 6.07 Å². The second-order valence-corrected chi connectivity index (χ2v) is 6.00. The van der Waals surface area contributed by atoms with Gasteiger partial charge in [-0.15, -0.1) is 0 Å². The van der Waals surface area contributed by atoms with Crippen LogP contribution in [0.4, 0.5) is 4.39 Å². The molecule has 0 bridgehead atoms. The second-order valence-electron chi connectivity index (χ2n) is 5.09. The zero-order chi connectivity index (χ0) is 14.6. The normalized spacial score (nSPS) is 11.5. The summed E-state index contributed by atoms with van der Waals surface area (Å²) >= 11 is 3.32. The highest BCUT2D eigenvalue weighted by Gasteiger charge is 2.28. The number of nitrogens with one attached hydrogen (secondary N) is 1. The van der Waals surface area contributed by atoms with Gasteiger partial charge in [0.2, 0.25) is 5.91 Å². The Morgan fingerprint density at radius 1 is 1.47 bits per heavy atom. The Morgan fingerprint density at radius 3 is 2.68 bits per heavy atom. The maximum absolute atomic E-state index is 13.6. The maximum atomic E-state index is 13.6. The molecular formula is C14H20BrFN2O. The minimum absolute atomic E-state index is 0.00888. The van der Waals surface area contributed by atoms with Crippen molar-refractivity contribution in [1.29, 1.82) is 0 Å². The van der Waals surface area contributed by atoms with Crippen LogP contribution in [0.3, 0.4) is 0 Å². The van der Waals surface area contributed by atoms with Crippen LogP contribution in [0.25, 0.3) is 0 Å². The van der Waals surface area contributed by atoms with Crippen molar-refractivity contribution in [3.63, 3.8) is 0 Å². The Bertz CT molecular complexity index is 463. The molecule has 0 aromatic heterocycles. The van der Waals surface area contributed by atoms with Crippen LogP contribution in [0.5, 0.6) is 0 Å². The fourth-order valence-electron chi connectivity index (χ4n) is 1.71. The van der Waals surface area contributed by atoms with Gasteiger partial charge in [-0.2, -0.15) is 0 Å². The SMILES string of the molecule is CNC(C)(C)C(=O)N(C)CCc1cc(Br)ccc1F. The van der Waals surface area contributed by atoms with Crippen LogP contribution in [0, 0.1) is 5.82 Å². The molecule has 0 saturated carbocycles. The highest BCUT2D eigenvalue weighted by Crippen LogP contribution is 2.16. The quantitative estimate of drug-likeness (QED) is 0.899. The van der Waals surface area contributed by atoms with Crippen LogP contribution < -0.4 is 5.32 Å². The third kappa shape index (κ3) is 4.28. The summed E-state index contributed by atoms with van der Waals surface area (Å²) in [6.45, 7) is 4.13. The number of rotatable bonds is 5. The fraction of sp³-hybridized carbons (Fsp3) is 0.500. The molecule has 1 rings (SSSR count). The summed E-state index contributed by atoms with van der Waals surface area (Å²) in [7, 11) is 3.48. The number of amides is 1. The standard InChI is InChI=1S/C14H20BrFN2O/c1-14(2,17-3)13(19)18(4)8-7-10-9-11(15)5-6-12(10)16/h5-6,9,17H,7-8H2,1-4H3. The monoisotopic (exact) mass is 330 g/mol. The summed E-state index contributed by atoms with van der Waals surface area (Å²) in [4.78, 5) is 13.8. The molecule has 3 nitrogen and oxygen atoms in total. The molecule has 0 unspecified atom stereocenters. The average Bonchev–Trinajstić information content (AvgIpc) is 2.38. The van der Waals surface area contributed by atoms with E-state index < -0.39 is 5.54 Å². The number of likely N-dealkylation sites (N-methyl/N-ethyl adjacent to an activating group) is 2. The number of halogens is 2. The topological polar surface area (TPSA) is 32.3 Å². The Kier molecular flexibility index (Phi) is 5.50. The van der Waals surface area contributed by atoms with Gasteiger partial charge < -0.3 is 10.2 Å². The molecule has 0 aliphatic carbocycles. The van der Waals surface area contributed by atoms with E-state index in [2.05, 4.69) is 21.2 Å². The van der Waals surface area contributed by atoms with E-state index in [-0.39, 0.29) is 11.7 Å². The first-order valence-corrected chi connectivity index (χ1v) is 6.95. The minimum atomic E-state index is -0.607. The van der Waals surface area contributed by atoms with E-state index in [1.807, 2.05) is 13.8 Å². The van der Waals surface area contributed by atoms with Crippen molar-refractivity contribution in [2.45, 2.75) is 25.8 Å². The first-order chi connectivity index (χ1) is 8.77. The molecule has 19 heavy (non-hydrogen) atoms. The van der Waals surface area contributed by atoms with Crippen molar-refractivity contribution in [2.24, 2.45) is 0 Å². The van der Waals surface area contributed by atoms with Gasteiger partial charge in [0.1, 0.15) is 5.82 Å². The van der Waals surface area contributed by atoms with E-state index in [0.717, 1.165) is 4.47 Å². The Labute approximate surface area is 122 Å². The van der Waals surface area contributed by atoms with Gasteiger partial charge in [-0.3, -0.25) is 4.79 Å². The molecule has 1 N–H and O–H groups in total. The number of hydrogen-bond acceptors (Lipinski definition) is 2. The van der Waals surface area contributed by atoms with Gasteiger partial charge >= 0.3 is 0 Å². The summed E-state index contributed by atoms with van der Waals surface area (Å²) in [6.07, 6.45) is 0.493. The van der Waals surface area contributed by atoms with E-state index in [0.29, 0.717) is 18.5 Å². The fourth-order valence-corrected chi connectivity index (χ4v) is 2.12. The molecule has 0 atom stereocenters. The van der Waals surface area contributed by atoms with Gasteiger partial charge in [0.15, 0.2) is 0 Å². The zero-order valence-electron chi connectivity index (χ0n) is 11.8. The third-order valence-corrected chi connectivity index (χ3v) is 3.72. The number of benzene rings is 1. The predicted molar refractivity (Wildman–Crippen MR) is 78.6 cm³/mol. The minimum Gasteiger partial charge on any atom is -0.344 e. The van der Waals surface area contributed by atoms with Crippen molar-refractivity contribution in [2.75, 3.05) is 20.6 Å². The van der Waals surface area contributed by atoms with Gasteiger partial charge in [-0.1, -0.05) is 15.9 Å². The Morgan fingerprint density at radius 2 is 2.11 bits per heavy atom. The van der Waals surface area contributed by atoms with Crippen molar-refractivity contribution < 1.29 is 9.18 Å². The van der Waals surface area contributed by atoms with Gasteiger partial charge in [0.25, 0.3) is 0 Å². The second kappa shape index (κ2) is 6.48. The average molecular weight is 331 g/mol. The molecule has 0 saturated heterocycles. The van der Waals surface area contributed by atoms with Crippen LogP contribution in [0.2, 0.25) is 0 Å². The Balaban J connectivity index is 2.66. The lowest BCUT2D eigenvalue weighted by Crippen LogP contribution is -2.52. The number of carbonyl (C=O) groups is 1. The highest BCUT2D eigenvalue weighted by molar-refractivity contribution is 9.10. The summed E-state index contributed by atoms with van der Waals surface area (Å²) in [6, 6.07) is 4.84. The summed E-state index contributed by atoms with van der Waals surface area (Å²) < 4.78 is 14.4. The molecule has 0 spiro atoms. The molecule has 0 heterocycles. The van der Waals surface area contributed by atoms with Gasteiger partial charge in [0, 0.05) is 18.1 Å². The van der Waals surface area contributed by atoms with E-state index in [4.69, 9.17) is 0 Å². The molecule has 1 amide bonds. The van der Waals surface area contributed by atoms with Gasteiger partial charge in [-0.05, 0) is 51.1 Å². The molecule has 0 radical (unpaired) electrons. The number of nitrogens with zero attached hydrogens (tertiary/aromatic N) is 1. The Hall–Kier alpha value is -0.940. The molecular weight excluding hydrogens is 311 g/mol. The first-order valence-electron chi connectivity index (χ1n) is 6.16. The molecule has 5 heteroatoms. The number of carbonyl (C=O) groups excluding carboxylic acids is 1. The summed E-state index contributed by atoms with van der Waals surface area (Å²) in [5, 5.41) is 2.97. The highest BCUT2D eigenvalue weighted by atomic mass is 79.9. The van der Waals surface area contributed by atoms with Crippen molar-refractivity contribution in [1.82, 2.24) is 10.2 Å². The summed E-state index contributed by atoms with van der Waals surface area (Å²) in [5.41, 5.74) is 0.00109. The lowest BCUT2D eigenvalue weighted by atomic mass is 10.0. The molecule has 0 fully saturated rings. The first kappa shape index (κ1) is 16.1. The molecule has 106 valence electrons. The molecule has 0 aliphatic rings. The van der Waals surface area contributed by atoms with Gasteiger partial charge in [-0.25, -0.2) is 4.39 Å². The molecule has 1 aromatic rings. The third-order valence-electron chi connectivity index (χ3n) is 3.23. The van der Waals surface area contributed by atoms with Crippen molar-refractivity contribution in [3.8, 4) is 0 Å². The largest absolute Gasteiger partial charge is 0.344 e. The predicted octanol–water partition coefficient (Wildman–Crippen LogP) is 2.59. The number of hydrogen-bond donors (Lipinski definition) is 1. The van der Waals surface area contributed by atoms with Crippen molar-refractivity contribution >= 4 is 21.8 Å². The van der Waals surface area contributed by atoms with E-state index in [1.54, 1.807) is 31.1 Å². The lowest BCUT2D eigenvalue weighted by Gasteiger charge is -2.29. The summed E-state index contributed by atoms with van der Waals surface area (Å²) in [5.74, 6) is -0.248. The molecule has 1 aromatic carbocycles. The van der Waals surface area contributed by atoms with E-state index in [9.17, 15) is 9.18 Å². The zero-order valence-corrected chi connectivity index (χ0v) is 13.3. The van der Waals surface area contributed by atoms with E-state index >= 15 is 0 Å². The van der Waals surface area contributed by atoms with Crippen LogP contribution in [-0.4, -0.2) is 37.0 Å². The smallest absolute Gasteiger partial charge is 0.242 e. The maximum Gasteiger partial charge on any atom is 0.242 e. The molecule has 0 aliphatic heterocycles. The van der Waals surface area contributed by atoms with Crippen molar-refractivity contribution in [3.05, 3.63) is 34.1 Å². The van der Waals surface area contributed by atoms with Crippen LogP contribution >= 0.6 is 15.9 Å². The van der Waals surface area contributed by atoms with Crippen LogP contribution in [0.15, 0.2) is 22.7 Å². The lowest BCUT2D eigenvalue weighted by molar-refractivity contribution is -0.135. The van der Waals surface area contributed by atoms with Crippen LogP contribution in [-0.2, 0) is 11.2 Å². The van der Waals surface area contributed by atoms with Crippen LogP contribution in [0.1, 0.15) is 19.4 Å².